The minimum absolute atomic E-state index is 0.244. The minimum atomic E-state index is -0.277. The summed E-state index contributed by atoms with van der Waals surface area (Å²) in [5.41, 5.74) is 9.45. The van der Waals surface area contributed by atoms with Crippen molar-refractivity contribution in [2.24, 2.45) is 5.73 Å². The van der Waals surface area contributed by atoms with Gasteiger partial charge in [0.25, 0.3) is 0 Å². The second kappa shape index (κ2) is 4.48. The molecule has 0 spiro atoms. The molecule has 2 aromatic carbocycles. The van der Waals surface area contributed by atoms with Gasteiger partial charge in [0.2, 0.25) is 0 Å². The lowest BCUT2D eigenvalue weighted by atomic mass is 10.1. The van der Waals surface area contributed by atoms with Crippen molar-refractivity contribution in [1.29, 1.82) is 0 Å². The van der Waals surface area contributed by atoms with E-state index < -0.39 is 0 Å². The number of rotatable bonds is 2. The van der Waals surface area contributed by atoms with Crippen LogP contribution in [-0.4, -0.2) is 9.55 Å². The summed E-state index contributed by atoms with van der Waals surface area (Å²) in [6.45, 7) is 1.84. The summed E-state index contributed by atoms with van der Waals surface area (Å²) in [5.74, 6) is -0.277. The largest absolute Gasteiger partial charge is 0.324 e. The van der Waals surface area contributed by atoms with Crippen molar-refractivity contribution < 1.29 is 4.39 Å². The predicted molar refractivity (Wildman–Crippen MR) is 73.6 cm³/mol. The van der Waals surface area contributed by atoms with E-state index in [1.54, 1.807) is 12.4 Å². The number of hydrogen-bond acceptors (Lipinski definition) is 2. The Morgan fingerprint density at radius 1 is 1.21 bits per heavy atom. The van der Waals surface area contributed by atoms with Crippen LogP contribution in [0.25, 0.3) is 16.7 Å². The average molecular weight is 255 g/mol. The van der Waals surface area contributed by atoms with Crippen LogP contribution in [0.1, 0.15) is 18.5 Å². The molecule has 0 fully saturated rings. The van der Waals surface area contributed by atoms with Crippen LogP contribution in [0.3, 0.4) is 0 Å². The van der Waals surface area contributed by atoms with E-state index in [0.29, 0.717) is 0 Å². The van der Waals surface area contributed by atoms with Crippen LogP contribution < -0.4 is 5.73 Å². The zero-order valence-electron chi connectivity index (χ0n) is 10.5. The van der Waals surface area contributed by atoms with Crippen molar-refractivity contribution >= 4 is 11.0 Å². The highest BCUT2D eigenvalue weighted by molar-refractivity contribution is 5.77. The SMILES string of the molecule is C[C@H](N)c1cc(F)ccc1-n1cnc2ccccc21. The Hall–Kier alpha value is -2.20. The number of halogens is 1. The minimum Gasteiger partial charge on any atom is -0.324 e. The van der Waals surface area contributed by atoms with E-state index >= 15 is 0 Å². The van der Waals surface area contributed by atoms with Crippen LogP contribution in [0, 0.1) is 5.82 Å². The molecule has 19 heavy (non-hydrogen) atoms. The van der Waals surface area contributed by atoms with Gasteiger partial charge in [0.1, 0.15) is 12.1 Å². The first-order valence-electron chi connectivity index (χ1n) is 6.14. The van der Waals surface area contributed by atoms with E-state index in [2.05, 4.69) is 4.98 Å². The summed E-state index contributed by atoms with van der Waals surface area (Å²) in [6, 6.07) is 12.2. The first-order valence-corrected chi connectivity index (χ1v) is 6.14. The van der Waals surface area contributed by atoms with Crippen molar-refractivity contribution in [3.63, 3.8) is 0 Å². The lowest BCUT2D eigenvalue weighted by Gasteiger charge is -2.14. The molecule has 0 aliphatic carbocycles. The van der Waals surface area contributed by atoms with Crippen molar-refractivity contribution in [2.75, 3.05) is 0 Å². The second-order valence-electron chi connectivity index (χ2n) is 4.60. The zero-order valence-corrected chi connectivity index (χ0v) is 10.5. The Balaban J connectivity index is 2.27. The molecular weight excluding hydrogens is 241 g/mol. The molecule has 0 radical (unpaired) electrons. The molecule has 2 N–H and O–H groups in total. The average Bonchev–Trinajstić information content (AvgIpc) is 2.82. The van der Waals surface area contributed by atoms with Crippen molar-refractivity contribution in [1.82, 2.24) is 9.55 Å². The van der Waals surface area contributed by atoms with Gasteiger partial charge in [-0.25, -0.2) is 9.37 Å². The number of para-hydroxylation sites is 2. The summed E-state index contributed by atoms with van der Waals surface area (Å²) in [7, 11) is 0. The topological polar surface area (TPSA) is 43.8 Å². The van der Waals surface area contributed by atoms with E-state index in [9.17, 15) is 4.39 Å². The van der Waals surface area contributed by atoms with Crippen LogP contribution in [0.4, 0.5) is 4.39 Å². The number of fused-ring (bicyclic) bond motifs is 1. The van der Waals surface area contributed by atoms with E-state index in [-0.39, 0.29) is 11.9 Å². The first-order chi connectivity index (χ1) is 9.16. The molecule has 0 unspecified atom stereocenters. The van der Waals surface area contributed by atoms with Crippen molar-refractivity contribution in [3.8, 4) is 5.69 Å². The summed E-state index contributed by atoms with van der Waals surface area (Å²) in [5, 5.41) is 0. The molecule has 0 saturated carbocycles. The fourth-order valence-electron chi connectivity index (χ4n) is 2.26. The molecular formula is C15H14FN3. The Morgan fingerprint density at radius 2 is 2.00 bits per heavy atom. The summed E-state index contributed by atoms with van der Waals surface area (Å²) in [4.78, 5) is 4.35. The molecule has 0 amide bonds. The maximum absolute atomic E-state index is 13.4. The van der Waals surface area contributed by atoms with Gasteiger partial charge in [0.05, 0.1) is 16.7 Å². The van der Waals surface area contributed by atoms with Crippen LogP contribution in [0.2, 0.25) is 0 Å². The van der Waals surface area contributed by atoms with Gasteiger partial charge in [0, 0.05) is 6.04 Å². The summed E-state index contributed by atoms with van der Waals surface area (Å²) < 4.78 is 15.3. The molecule has 0 aliphatic heterocycles. The van der Waals surface area contributed by atoms with Gasteiger partial charge < -0.3 is 5.73 Å². The molecule has 1 aromatic heterocycles. The third-order valence-electron chi connectivity index (χ3n) is 3.19. The molecule has 0 saturated heterocycles. The third-order valence-corrected chi connectivity index (χ3v) is 3.19. The highest BCUT2D eigenvalue weighted by atomic mass is 19.1. The molecule has 1 heterocycles. The molecule has 3 nitrogen and oxygen atoms in total. The molecule has 3 rings (SSSR count). The van der Waals surface area contributed by atoms with Gasteiger partial charge in [0.15, 0.2) is 0 Å². The number of aromatic nitrogens is 2. The van der Waals surface area contributed by atoms with E-state index in [1.807, 2.05) is 35.8 Å². The van der Waals surface area contributed by atoms with Crippen molar-refractivity contribution in [2.45, 2.75) is 13.0 Å². The Morgan fingerprint density at radius 3 is 2.79 bits per heavy atom. The fraction of sp³-hybridized carbons (Fsp3) is 0.133. The van der Waals surface area contributed by atoms with Crippen LogP contribution in [-0.2, 0) is 0 Å². The number of nitrogens with two attached hydrogens (primary N) is 1. The van der Waals surface area contributed by atoms with Crippen LogP contribution in [0.15, 0.2) is 48.8 Å². The van der Waals surface area contributed by atoms with Gasteiger partial charge in [-0.05, 0) is 42.8 Å². The van der Waals surface area contributed by atoms with Gasteiger partial charge in [-0.1, -0.05) is 12.1 Å². The van der Waals surface area contributed by atoms with Crippen LogP contribution in [0.5, 0.6) is 0 Å². The lowest BCUT2D eigenvalue weighted by Crippen LogP contribution is -2.10. The smallest absolute Gasteiger partial charge is 0.123 e. The molecule has 1 atom stereocenters. The molecule has 96 valence electrons. The van der Waals surface area contributed by atoms with E-state index in [0.717, 1.165) is 22.3 Å². The highest BCUT2D eigenvalue weighted by Crippen LogP contribution is 2.25. The molecule has 0 bridgehead atoms. The highest BCUT2D eigenvalue weighted by Gasteiger charge is 2.12. The van der Waals surface area contributed by atoms with Gasteiger partial charge in [-0.3, -0.25) is 4.57 Å². The maximum Gasteiger partial charge on any atom is 0.123 e. The van der Waals surface area contributed by atoms with Gasteiger partial charge in [-0.15, -0.1) is 0 Å². The molecule has 0 aliphatic rings. The standard InChI is InChI=1S/C15H14FN3/c1-10(17)12-8-11(16)6-7-14(12)19-9-18-13-4-2-3-5-15(13)19/h2-10H,17H2,1H3/t10-/m0/s1. The number of hydrogen-bond donors (Lipinski definition) is 1. The number of benzene rings is 2. The van der Waals surface area contributed by atoms with Gasteiger partial charge in [-0.2, -0.15) is 0 Å². The quantitative estimate of drug-likeness (QED) is 0.764. The van der Waals surface area contributed by atoms with E-state index in [1.165, 1.54) is 12.1 Å². The second-order valence-corrected chi connectivity index (χ2v) is 4.60. The summed E-state index contributed by atoms with van der Waals surface area (Å²) >= 11 is 0. The van der Waals surface area contributed by atoms with E-state index in [4.69, 9.17) is 5.73 Å². The van der Waals surface area contributed by atoms with Gasteiger partial charge >= 0.3 is 0 Å². The van der Waals surface area contributed by atoms with Crippen LogP contribution >= 0.6 is 0 Å². The summed E-state index contributed by atoms with van der Waals surface area (Å²) in [6.07, 6.45) is 1.74. The fourth-order valence-corrected chi connectivity index (χ4v) is 2.26. The zero-order chi connectivity index (χ0) is 13.4. The van der Waals surface area contributed by atoms with Crippen molar-refractivity contribution in [3.05, 3.63) is 60.2 Å². The number of imidazole rings is 1. The monoisotopic (exact) mass is 255 g/mol. The first kappa shape index (κ1) is 11.9. The Bertz CT molecular complexity index is 731. The normalized spacial score (nSPS) is 12.8. The maximum atomic E-state index is 13.4. The molecule has 4 heteroatoms. The Kier molecular flexibility index (Phi) is 2.80. The Labute approximate surface area is 110 Å². The predicted octanol–water partition coefficient (Wildman–Crippen LogP) is 3.18. The lowest BCUT2D eigenvalue weighted by molar-refractivity contribution is 0.621. The molecule has 3 aromatic rings. The third kappa shape index (κ3) is 2.00. The number of nitrogens with zero attached hydrogens (tertiary/aromatic N) is 2.